The molecule has 0 atom stereocenters. The third-order valence-corrected chi connectivity index (χ3v) is 2.15. The molecule has 0 saturated carbocycles. The zero-order valence-electron chi connectivity index (χ0n) is 7.90. The molecule has 1 aromatic carbocycles. The lowest BCUT2D eigenvalue weighted by atomic mass is 10.1. The van der Waals surface area contributed by atoms with E-state index in [2.05, 4.69) is 14.7 Å². The summed E-state index contributed by atoms with van der Waals surface area (Å²) >= 11 is 5.63. The van der Waals surface area contributed by atoms with Gasteiger partial charge in [-0.1, -0.05) is 0 Å². The fourth-order valence-electron chi connectivity index (χ4n) is 1.26. The van der Waals surface area contributed by atoms with Crippen molar-refractivity contribution in [3.05, 3.63) is 35.2 Å². The predicted molar refractivity (Wildman–Crippen MR) is 55.9 cm³/mol. The Morgan fingerprint density at radius 1 is 1.47 bits per heavy atom. The summed E-state index contributed by atoms with van der Waals surface area (Å²) in [6.45, 7) is 0. The molecule has 0 unspecified atom stereocenters. The van der Waals surface area contributed by atoms with Crippen molar-refractivity contribution in [3.63, 3.8) is 0 Å². The number of rotatable bonds is 1. The smallest absolute Gasteiger partial charge is 0.337 e. The summed E-state index contributed by atoms with van der Waals surface area (Å²) in [5.41, 5.74) is 1.17. The summed E-state index contributed by atoms with van der Waals surface area (Å²) in [4.78, 5) is 19.1. The average molecular weight is 223 g/mol. The zero-order chi connectivity index (χ0) is 10.8. The van der Waals surface area contributed by atoms with E-state index >= 15 is 0 Å². The summed E-state index contributed by atoms with van der Waals surface area (Å²) in [6.07, 6.45) is 1.57. The molecule has 0 fully saturated rings. The monoisotopic (exact) mass is 222 g/mol. The molecule has 0 saturated heterocycles. The molecule has 5 heteroatoms. The van der Waals surface area contributed by atoms with E-state index in [0.29, 0.717) is 11.1 Å². The Morgan fingerprint density at radius 3 is 3.00 bits per heavy atom. The first-order chi connectivity index (χ1) is 7.20. The van der Waals surface area contributed by atoms with E-state index in [4.69, 9.17) is 11.6 Å². The Kier molecular flexibility index (Phi) is 2.51. The lowest BCUT2D eigenvalue weighted by Crippen LogP contribution is -2.00. The number of methoxy groups -OCH3 is 1. The number of fused-ring (bicyclic) bond motifs is 1. The normalized spacial score (nSPS) is 10.3. The average Bonchev–Trinajstić information content (AvgIpc) is 2.27. The fraction of sp³-hybridized carbons (Fsp3) is 0.100. The van der Waals surface area contributed by atoms with Crippen LogP contribution < -0.4 is 0 Å². The summed E-state index contributed by atoms with van der Waals surface area (Å²) in [7, 11) is 1.34. The van der Waals surface area contributed by atoms with E-state index in [1.54, 1.807) is 24.4 Å². The van der Waals surface area contributed by atoms with Gasteiger partial charge in [0.05, 0.1) is 18.2 Å². The van der Waals surface area contributed by atoms with Crippen LogP contribution in [-0.2, 0) is 4.74 Å². The van der Waals surface area contributed by atoms with Crippen LogP contribution in [0.2, 0.25) is 5.28 Å². The summed E-state index contributed by atoms with van der Waals surface area (Å²) < 4.78 is 4.60. The molecule has 2 aromatic rings. The molecule has 76 valence electrons. The van der Waals surface area contributed by atoms with Gasteiger partial charge in [-0.05, 0) is 29.8 Å². The molecule has 1 aromatic heterocycles. The molecular weight excluding hydrogens is 216 g/mol. The van der Waals surface area contributed by atoms with Crippen molar-refractivity contribution >= 4 is 28.5 Å². The number of halogens is 1. The number of hydrogen-bond acceptors (Lipinski definition) is 4. The first kappa shape index (κ1) is 9.86. The Labute approximate surface area is 90.9 Å². The lowest BCUT2D eigenvalue weighted by molar-refractivity contribution is 0.0601. The van der Waals surface area contributed by atoms with Crippen molar-refractivity contribution in [1.82, 2.24) is 9.97 Å². The summed E-state index contributed by atoms with van der Waals surface area (Å²) in [6, 6.07) is 5.00. The first-order valence-corrected chi connectivity index (χ1v) is 4.59. The predicted octanol–water partition coefficient (Wildman–Crippen LogP) is 2.07. The Bertz CT molecular complexity index is 528. The number of ether oxygens (including phenoxy) is 1. The third-order valence-electron chi connectivity index (χ3n) is 1.97. The second-order valence-electron chi connectivity index (χ2n) is 2.90. The molecule has 2 rings (SSSR count). The van der Waals surface area contributed by atoms with Crippen LogP contribution in [0.1, 0.15) is 10.4 Å². The number of aromatic nitrogens is 2. The summed E-state index contributed by atoms with van der Waals surface area (Å²) in [5, 5.41) is 0.940. The SMILES string of the molecule is COC(=O)c1ccc2nc(Cl)ncc2c1. The number of carbonyl (C=O) groups excluding carboxylic acids is 1. The molecule has 0 spiro atoms. The second-order valence-corrected chi connectivity index (χ2v) is 3.24. The van der Waals surface area contributed by atoms with Crippen molar-refractivity contribution in [3.8, 4) is 0 Å². The minimum atomic E-state index is -0.383. The van der Waals surface area contributed by atoms with E-state index in [-0.39, 0.29) is 11.3 Å². The minimum Gasteiger partial charge on any atom is -0.465 e. The number of esters is 1. The van der Waals surface area contributed by atoms with Gasteiger partial charge in [0.1, 0.15) is 0 Å². The van der Waals surface area contributed by atoms with Gasteiger partial charge in [0, 0.05) is 11.6 Å². The molecule has 0 aliphatic rings. The van der Waals surface area contributed by atoms with E-state index in [0.717, 1.165) is 5.39 Å². The van der Waals surface area contributed by atoms with E-state index < -0.39 is 0 Å². The van der Waals surface area contributed by atoms with Gasteiger partial charge in [0.15, 0.2) is 0 Å². The van der Waals surface area contributed by atoms with Crippen molar-refractivity contribution in [1.29, 1.82) is 0 Å². The van der Waals surface area contributed by atoms with Gasteiger partial charge < -0.3 is 4.74 Å². The molecule has 0 radical (unpaired) electrons. The molecule has 0 N–H and O–H groups in total. The van der Waals surface area contributed by atoms with Gasteiger partial charge in [-0.25, -0.2) is 14.8 Å². The maximum absolute atomic E-state index is 11.2. The first-order valence-electron chi connectivity index (χ1n) is 4.21. The van der Waals surface area contributed by atoms with E-state index in [9.17, 15) is 4.79 Å². The largest absolute Gasteiger partial charge is 0.465 e. The molecule has 0 aliphatic heterocycles. The van der Waals surface area contributed by atoms with E-state index in [1.165, 1.54) is 7.11 Å². The Hall–Kier alpha value is -1.68. The molecule has 1 heterocycles. The molecule has 0 amide bonds. The highest BCUT2D eigenvalue weighted by Gasteiger charge is 2.06. The van der Waals surface area contributed by atoms with Gasteiger partial charge in [-0.3, -0.25) is 0 Å². The highest BCUT2D eigenvalue weighted by Crippen LogP contribution is 2.15. The van der Waals surface area contributed by atoms with Crippen molar-refractivity contribution in [2.75, 3.05) is 7.11 Å². The van der Waals surface area contributed by atoms with Gasteiger partial charge >= 0.3 is 5.97 Å². The lowest BCUT2D eigenvalue weighted by Gasteiger charge is -2.01. The number of hydrogen-bond donors (Lipinski definition) is 0. The molecule has 0 aliphatic carbocycles. The standard InChI is InChI=1S/C10H7ClN2O2/c1-15-9(14)6-2-3-8-7(4-6)5-12-10(11)13-8/h2-5H,1H3. The van der Waals surface area contributed by atoms with Gasteiger partial charge in [0.25, 0.3) is 0 Å². The quantitative estimate of drug-likeness (QED) is 0.548. The van der Waals surface area contributed by atoms with Crippen LogP contribution in [0.25, 0.3) is 10.9 Å². The maximum atomic E-state index is 11.2. The van der Waals surface area contributed by atoms with Crippen LogP contribution in [-0.4, -0.2) is 23.0 Å². The highest BCUT2D eigenvalue weighted by atomic mass is 35.5. The number of benzene rings is 1. The van der Waals surface area contributed by atoms with E-state index in [1.807, 2.05) is 0 Å². The fourth-order valence-corrected chi connectivity index (χ4v) is 1.40. The van der Waals surface area contributed by atoms with Crippen molar-refractivity contribution in [2.24, 2.45) is 0 Å². The summed E-state index contributed by atoms with van der Waals surface area (Å²) in [5.74, 6) is -0.383. The maximum Gasteiger partial charge on any atom is 0.337 e. The van der Waals surface area contributed by atoms with Crippen LogP contribution in [0.4, 0.5) is 0 Å². The number of carbonyl (C=O) groups is 1. The van der Waals surface area contributed by atoms with Crippen LogP contribution in [0.5, 0.6) is 0 Å². The van der Waals surface area contributed by atoms with Crippen molar-refractivity contribution in [2.45, 2.75) is 0 Å². The van der Waals surface area contributed by atoms with Gasteiger partial charge in [-0.2, -0.15) is 0 Å². The zero-order valence-corrected chi connectivity index (χ0v) is 8.65. The van der Waals surface area contributed by atoms with Crippen LogP contribution in [0.15, 0.2) is 24.4 Å². The van der Waals surface area contributed by atoms with Crippen molar-refractivity contribution < 1.29 is 9.53 Å². The second kappa shape index (κ2) is 3.82. The molecule has 4 nitrogen and oxygen atoms in total. The molecule has 0 bridgehead atoms. The van der Waals surface area contributed by atoms with Gasteiger partial charge in [-0.15, -0.1) is 0 Å². The van der Waals surface area contributed by atoms with Crippen LogP contribution in [0.3, 0.4) is 0 Å². The number of nitrogens with zero attached hydrogens (tertiary/aromatic N) is 2. The minimum absolute atomic E-state index is 0.188. The van der Waals surface area contributed by atoms with Crippen LogP contribution in [0, 0.1) is 0 Å². The Balaban J connectivity index is 2.57. The van der Waals surface area contributed by atoms with Crippen LogP contribution >= 0.6 is 11.6 Å². The Morgan fingerprint density at radius 2 is 2.27 bits per heavy atom. The highest BCUT2D eigenvalue weighted by molar-refractivity contribution is 6.28. The molecule has 15 heavy (non-hydrogen) atoms. The van der Waals surface area contributed by atoms with Gasteiger partial charge in [0.2, 0.25) is 5.28 Å². The topological polar surface area (TPSA) is 52.1 Å². The third kappa shape index (κ3) is 1.89. The molecular formula is C10H7ClN2O2.